The Bertz CT molecular complexity index is 962. The molecule has 27 heavy (non-hydrogen) atoms. The van der Waals surface area contributed by atoms with Gasteiger partial charge in [-0.15, -0.1) is 0 Å². The summed E-state index contributed by atoms with van der Waals surface area (Å²) in [6, 6.07) is 9.99. The van der Waals surface area contributed by atoms with Gasteiger partial charge < -0.3 is 10.2 Å². The first-order valence-electron chi connectivity index (χ1n) is 8.96. The number of fused-ring (bicyclic) bond motifs is 1. The van der Waals surface area contributed by atoms with Crippen LogP contribution in [0.2, 0.25) is 0 Å². The van der Waals surface area contributed by atoms with Crippen molar-refractivity contribution in [3.8, 4) is 0 Å². The van der Waals surface area contributed by atoms with E-state index < -0.39 is 11.6 Å². The van der Waals surface area contributed by atoms with Gasteiger partial charge in [-0.05, 0) is 31.4 Å². The highest BCUT2D eigenvalue weighted by Crippen LogP contribution is 2.31. The second kappa shape index (κ2) is 6.95. The van der Waals surface area contributed by atoms with E-state index in [0.717, 1.165) is 31.4 Å². The number of likely N-dealkylation sites (tertiary alicyclic amines) is 1. The number of hydrogen-bond acceptors (Lipinski definition) is 4. The van der Waals surface area contributed by atoms with E-state index in [1.807, 2.05) is 4.90 Å². The van der Waals surface area contributed by atoms with E-state index in [1.54, 1.807) is 24.3 Å². The fraction of sp³-hybridized carbons (Fsp3) is 0.238. The number of hydrogen-bond donors (Lipinski definition) is 1. The Morgan fingerprint density at radius 1 is 0.815 bits per heavy atom. The maximum atomic E-state index is 13.6. The van der Waals surface area contributed by atoms with Crippen LogP contribution in [0.25, 0.3) is 0 Å². The Kier molecular flexibility index (Phi) is 4.48. The fourth-order valence-corrected chi connectivity index (χ4v) is 3.62. The molecule has 1 aliphatic heterocycles. The highest BCUT2D eigenvalue weighted by atomic mass is 19.2. The lowest BCUT2D eigenvalue weighted by Gasteiger charge is -2.34. The summed E-state index contributed by atoms with van der Waals surface area (Å²) in [6.45, 7) is 1.36. The third-order valence-corrected chi connectivity index (χ3v) is 4.96. The van der Waals surface area contributed by atoms with Crippen molar-refractivity contribution < 1.29 is 18.4 Å². The van der Waals surface area contributed by atoms with Gasteiger partial charge in [-0.1, -0.05) is 24.3 Å². The monoisotopic (exact) mass is 368 g/mol. The summed E-state index contributed by atoms with van der Waals surface area (Å²) < 4.78 is 26.8. The first-order valence-corrected chi connectivity index (χ1v) is 8.96. The molecular weight excluding hydrogens is 350 g/mol. The molecule has 2 aliphatic rings. The van der Waals surface area contributed by atoms with E-state index in [2.05, 4.69) is 5.32 Å². The van der Waals surface area contributed by atoms with Crippen molar-refractivity contribution in [3.63, 3.8) is 0 Å². The van der Waals surface area contributed by atoms with Gasteiger partial charge >= 0.3 is 0 Å². The van der Waals surface area contributed by atoms with Crippen LogP contribution < -0.4 is 5.32 Å². The predicted octanol–water partition coefficient (Wildman–Crippen LogP) is 4.15. The molecule has 1 fully saturated rings. The summed E-state index contributed by atoms with van der Waals surface area (Å²) in [4.78, 5) is 28.2. The number of piperidine rings is 1. The number of allylic oxidation sites excluding steroid dienone is 2. The van der Waals surface area contributed by atoms with E-state index in [-0.39, 0.29) is 23.0 Å². The van der Waals surface area contributed by atoms with E-state index >= 15 is 0 Å². The lowest BCUT2D eigenvalue weighted by molar-refractivity contribution is 0.0935. The molecule has 0 radical (unpaired) electrons. The SMILES string of the molecule is O=C1C(Nc2ccc(F)c(F)c2)=C(N2CCCCC2)C(=O)c2ccccc21. The summed E-state index contributed by atoms with van der Waals surface area (Å²) in [5.41, 5.74) is 1.33. The van der Waals surface area contributed by atoms with Crippen molar-refractivity contribution in [2.45, 2.75) is 19.3 Å². The molecule has 2 aromatic carbocycles. The van der Waals surface area contributed by atoms with Crippen molar-refractivity contribution in [1.29, 1.82) is 0 Å². The summed E-state index contributed by atoms with van der Waals surface area (Å²) in [7, 11) is 0. The van der Waals surface area contributed by atoms with E-state index in [0.29, 0.717) is 29.9 Å². The van der Waals surface area contributed by atoms with Gasteiger partial charge in [-0.25, -0.2) is 8.78 Å². The molecule has 0 bridgehead atoms. The van der Waals surface area contributed by atoms with Crippen molar-refractivity contribution >= 4 is 17.3 Å². The lowest BCUT2D eigenvalue weighted by atomic mass is 9.89. The molecule has 6 heteroatoms. The van der Waals surface area contributed by atoms with Gasteiger partial charge in [0.1, 0.15) is 11.4 Å². The Hall–Kier alpha value is -3.02. The molecule has 0 amide bonds. The van der Waals surface area contributed by atoms with E-state index in [4.69, 9.17) is 0 Å². The molecule has 0 unspecified atom stereocenters. The van der Waals surface area contributed by atoms with Crippen LogP contribution >= 0.6 is 0 Å². The van der Waals surface area contributed by atoms with E-state index in [9.17, 15) is 18.4 Å². The second-order valence-electron chi connectivity index (χ2n) is 6.73. The normalized spacial score (nSPS) is 17.2. The minimum absolute atomic E-state index is 0.117. The predicted molar refractivity (Wildman–Crippen MR) is 97.5 cm³/mol. The highest BCUT2D eigenvalue weighted by molar-refractivity contribution is 6.27. The smallest absolute Gasteiger partial charge is 0.212 e. The standard InChI is InChI=1S/C21H18F2N2O2/c22-16-9-8-13(12-17(16)23)24-18-19(25-10-4-1-5-11-25)21(27)15-7-3-2-6-14(15)20(18)26/h2-3,6-9,12,24H,1,4-5,10-11H2. The molecule has 1 N–H and O–H groups in total. The third kappa shape index (κ3) is 3.12. The zero-order valence-corrected chi connectivity index (χ0v) is 14.6. The topological polar surface area (TPSA) is 49.4 Å². The Balaban J connectivity index is 1.82. The molecule has 4 rings (SSSR count). The van der Waals surface area contributed by atoms with Crippen LogP contribution in [0.3, 0.4) is 0 Å². The quantitative estimate of drug-likeness (QED) is 0.884. The van der Waals surface area contributed by atoms with Crippen molar-refractivity contribution in [1.82, 2.24) is 4.90 Å². The van der Waals surface area contributed by atoms with Gasteiger partial charge in [0.25, 0.3) is 0 Å². The minimum Gasteiger partial charge on any atom is -0.367 e. The number of rotatable bonds is 3. The molecule has 2 aromatic rings. The average molecular weight is 368 g/mol. The number of Topliss-reactive ketones (excluding diaryl/α,β-unsaturated/α-hetero) is 2. The maximum Gasteiger partial charge on any atom is 0.212 e. The molecule has 4 nitrogen and oxygen atoms in total. The van der Waals surface area contributed by atoms with Crippen molar-refractivity contribution in [2.24, 2.45) is 0 Å². The van der Waals surface area contributed by atoms with E-state index in [1.165, 1.54) is 6.07 Å². The van der Waals surface area contributed by atoms with Crippen LogP contribution in [0.1, 0.15) is 40.0 Å². The molecule has 0 atom stereocenters. The number of ketones is 2. The van der Waals surface area contributed by atoms with Gasteiger partial charge in [-0.2, -0.15) is 0 Å². The molecule has 0 aromatic heterocycles. The summed E-state index contributed by atoms with van der Waals surface area (Å²) in [5.74, 6) is -2.54. The van der Waals surface area contributed by atoms with Crippen LogP contribution in [-0.4, -0.2) is 29.6 Å². The molecule has 1 heterocycles. The molecular formula is C21H18F2N2O2. The number of carbonyl (C=O) groups excluding carboxylic acids is 2. The molecule has 1 aliphatic carbocycles. The second-order valence-corrected chi connectivity index (χ2v) is 6.73. The molecule has 0 spiro atoms. The Labute approximate surface area is 155 Å². The van der Waals surface area contributed by atoms with Gasteiger partial charge in [0.05, 0.1) is 0 Å². The minimum atomic E-state index is -1.02. The maximum absolute atomic E-state index is 13.6. The Morgan fingerprint density at radius 2 is 1.48 bits per heavy atom. The zero-order chi connectivity index (χ0) is 19.0. The van der Waals surface area contributed by atoms with Gasteiger partial charge in [0.2, 0.25) is 11.6 Å². The molecule has 138 valence electrons. The number of benzene rings is 2. The lowest BCUT2D eigenvalue weighted by Crippen LogP contribution is -2.39. The zero-order valence-electron chi connectivity index (χ0n) is 14.6. The average Bonchev–Trinajstić information content (AvgIpc) is 2.69. The Morgan fingerprint density at radius 3 is 2.15 bits per heavy atom. The summed E-state index contributed by atoms with van der Waals surface area (Å²) in [6.07, 6.45) is 2.95. The van der Waals surface area contributed by atoms with Gasteiger partial charge in [-0.3, -0.25) is 9.59 Å². The van der Waals surface area contributed by atoms with Crippen LogP contribution in [0.4, 0.5) is 14.5 Å². The summed E-state index contributed by atoms with van der Waals surface area (Å²) >= 11 is 0. The van der Waals surface area contributed by atoms with Gasteiger partial charge in [0, 0.05) is 36.0 Å². The largest absolute Gasteiger partial charge is 0.367 e. The molecule has 1 saturated heterocycles. The number of halogens is 2. The number of carbonyl (C=O) groups is 2. The van der Waals surface area contributed by atoms with Crippen molar-refractivity contribution in [2.75, 3.05) is 18.4 Å². The van der Waals surface area contributed by atoms with Crippen molar-refractivity contribution in [3.05, 3.63) is 76.6 Å². The van der Waals surface area contributed by atoms with Crippen LogP contribution in [0, 0.1) is 11.6 Å². The van der Waals surface area contributed by atoms with Crippen LogP contribution in [-0.2, 0) is 0 Å². The summed E-state index contributed by atoms with van der Waals surface area (Å²) in [5, 5.41) is 2.88. The van der Waals surface area contributed by atoms with Crippen LogP contribution in [0.5, 0.6) is 0 Å². The fourth-order valence-electron chi connectivity index (χ4n) is 3.62. The number of anilines is 1. The first kappa shape index (κ1) is 17.4. The highest BCUT2D eigenvalue weighted by Gasteiger charge is 2.35. The molecule has 0 saturated carbocycles. The third-order valence-electron chi connectivity index (χ3n) is 4.96. The van der Waals surface area contributed by atoms with Crippen LogP contribution in [0.15, 0.2) is 53.9 Å². The number of nitrogens with zero attached hydrogens (tertiary/aromatic N) is 1. The van der Waals surface area contributed by atoms with Gasteiger partial charge in [0.15, 0.2) is 11.6 Å². The number of nitrogens with one attached hydrogen (secondary N) is 1. The first-order chi connectivity index (χ1) is 13.1.